The van der Waals surface area contributed by atoms with Crippen LogP contribution in [0.5, 0.6) is 5.75 Å². The number of amides is 5. The van der Waals surface area contributed by atoms with Crippen LogP contribution in [0.4, 0.5) is 36.8 Å². The summed E-state index contributed by atoms with van der Waals surface area (Å²) >= 11 is 0. The maximum Gasteiger partial charge on any atom is 0.455 e. The number of alkyl halides is 5. The van der Waals surface area contributed by atoms with Gasteiger partial charge in [-0.1, -0.05) is 0 Å². The first-order valence-corrected chi connectivity index (χ1v) is 14.3. The number of nitrogens with zero attached hydrogens (tertiary/aromatic N) is 1. The quantitative estimate of drug-likeness (QED) is 0.0696. The van der Waals surface area contributed by atoms with Crippen molar-refractivity contribution < 1.29 is 74.8 Å². The highest BCUT2D eigenvalue weighted by Gasteiger charge is 2.58. The predicted octanol–water partition coefficient (Wildman–Crippen LogP) is -0.476. The number of anilines is 1. The lowest BCUT2D eigenvalue weighted by molar-refractivity contribution is -0.278. The Morgan fingerprint density at radius 2 is 1.69 bits per heavy atom. The van der Waals surface area contributed by atoms with E-state index in [4.69, 9.17) is 20.3 Å². The Balaban J connectivity index is 2.05. The van der Waals surface area contributed by atoms with Crippen molar-refractivity contribution in [1.29, 1.82) is 0 Å². The molecule has 2 rings (SSSR count). The minimum atomic E-state index is -6.05. The number of hydrogen-bond donors (Lipinski definition) is 7. The number of aliphatic carboxylic acids is 1. The van der Waals surface area contributed by atoms with Crippen LogP contribution in [0.2, 0.25) is 0 Å². The summed E-state index contributed by atoms with van der Waals surface area (Å²) in [6, 6.07) is -0.0174. The average Bonchev–Trinajstić information content (AvgIpc) is 3.09. The monoisotopic (exact) mass is 716 g/mol. The van der Waals surface area contributed by atoms with E-state index in [1.54, 1.807) is 0 Å². The zero-order valence-electron chi connectivity index (χ0n) is 25.9. The molecule has 49 heavy (non-hydrogen) atoms. The molecule has 0 bridgehead atoms. The van der Waals surface area contributed by atoms with Gasteiger partial charge in [-0.2, -0.15) is 22.0 Å². The molecule has 8 N–H and O–H groups in total. The van der Waals surface area contributed by atoms with Gasteiger partial charge in [-0.05, 0) is 32.4 Å². The molecule has 0 aromatic heterocycles. The van der Waals surface area contributed by atoms with Crippen molar-refractivity contribution in [2.24, 2.45) is 5.73 Å². The number of carboxylic acid groups (broad SMARTS) is 1. The van der Waals surface area contributed by atoms with Gasteiger partial charge in [0.05, 0.1) is 18.8 Å². The van der Waals surface area contributed by atoms with Gasteiger partial charge >= 0.3 is 24.2 Å². The maximum atomic E-state index is 14.2. The summed E-state index contributed by atoms with van der Waals surface area (Å²) in [5.74, 6) is -12.8. The normalized spacial score (nSPS) is 18.1. The van der Waals surface area contributed by atoms with Gasteiger partial charge in [0.15, 0.2) is 0 Å². The van der Waals surface area contributed by atoms with E-state index in [-0.39, 0.29) is 37.4 Å². The van der Waals surface area contributed by atoms with Crippen molar-refractivity contribution in [3.05, 3.63) is 24.0 Å². The molecule has 16 nitrogen and oxygen atoms in total. The maximum absolute atomic E-state index is 14.2. The number of nitrogens with two attached hydrogens (primary N) is 1. The molecule has 1 heterocycles. The molecular weight excluding hydrogens is 682 g/mol. The molecule has 0 spiro atoms. The highest BCUT2D eigenvalue weighted by Crippen LogP contribution is 2.35. The SMILES string of the molecule is C[C@H]1Oc2ccc(F)cc2N(CCOC(=O)NCCNC(=O)CCC(N)C(=O)O)C(=O)[C@H]1NC(=O)C(C)(O)C(=O)NCC(F)(F)C(F)(F)F. The van der Waals surface area contributed by atoms with Gasteiger partial charge in [0.2, 0.25) is 11.5 Å². The Hall–Kier alpha value is -4.86. The van der Waals surface area contributed by atoms with Gasteiger partial charge in [-0.15, -0.1) is 0 Å². The molecule has 1 aliphatic heterocycles. The van der Waals surface area contributed by atoms with Crippen LogP contribution in [0.3, 0.4) is 0 Å². The number of carbonyl (C=O) groups is 6. The summed E-state index contributed by atoms with van der Waals surface area (Å²) in [5, 5.41) is 27.0. The van der Waals surface area contributed by atoms with Crippen LogP contribution in [-0.2, 0) is 28.7 Å². The van der Waals surface area contributed by atoms with E-state index in [0.29, 0.717) is 6.92 Å². The van der Waals surface area contributed by atoms with Crippen LogP contribution in [0.25, 0.3) is 0 Å². The summed E-state index contributed by atoms with van der Waals surface area (Å²) in [7, 11) is 0. The molecule has 4 atom stereocenters. The molecule has 1 aromatic rings. The Bertz CT molecular complexity index is 1410. The third kappa shape index (κ3) is 11.1. The molecule has 274 valence electrons. The number of alkyl carbamates (subject to hydrolysis) is 1. The second-order valence-electron chi connectivity index (χ2n) is 10.7. The summed E-state index contributed by atoms with van der Waals surface area (Å²) in [5.41, 5.74) is 1.84. The van der Waals surface area contributed by atoms with Gasteiger partial charge < -0.3 is 51.6 Å². The number of halogens is 6. The molecule has 0 saturated carbocycles. The third-order valence-electron chi connectivity index (χ3n) is 6.85. The molecule has 0 aliphatic carbocycles. The van der Waals surface area contributed by atoms with Gasteiger partial charge in [-0.3, -0.25) is 24.0 Å². The summed E-state index contributed by atoms with van der Waals surface area (Å²) in [6.07, 6.45) is -8.67. The Morgan fingerprint density at radius 1 is 1.06 bits per heavy atom. The molecule has 2 unspecified atom stereocenters. The van der Waals surface area contributed by atoms with E-state index in [9.17, 15) is 60.2 Å². The lowest BCUT2D eigenvalue weighted by atomic mass is 10.0. The first-order valence-electron chi connectivity index (χ1n) is 14.3. The van der Waals surface area contributed by atoms with E-state index < -0.39 is 97.1 Å². The number of rotatable bonds is 15. The summed E-state index contributed by atoms with van der Waals surface area (Å²) in [6.45, 7) is -1.82. The number of fused-ring (bicyclic) bond motifs is 1. The van der Waals surface area contributed by atoms with Crippen molar-refractivity contribution in [1.82, 2.24) is 21.3 Å². The van der Waals surface area contributed by atoms with E-state index in [0.717, 1.165) is 28.4 Å². The fourth-order valence-electron chi connectivity index (χ4n) is 3.96. The van der Waals surface area contributed by atoms with E-state index in [1.807, 2.05) is 5.32 Å². The fraction of sp³-hybridized carbons (Fsp3) is 0.556. The smallest absolute Gasteiger partial charge is 0.455 e. The molecule has 0 saturated heterocycles. The first kappa shape index (κ1) is 40.3. The molecular formula is C27H34F6N6O10. The molecule has 5 amide bonds. The number of benzene rings is 1. The van der Waals surface area contributed by atoms with Crippen molar-refractivity contribution >= 4 is 41.4 Å². The predicted molar refractivity (Wildman–Crippen MR) is 153 cm³/mol. The van der Waals surface area contributed by atoms with Crippen LogP contribution >= 0.6 is 0 Å². The van der Waals surface area contributed by atoms with Crippen LogP contribution < -0.4 is 36.6 Å². The highest BCUT2D eigenvalue weighted by atomic mass is 19.4. The molecule has 0 radical (unpaired) electrons. The average molecular weight is 717 g/mol. The van der Waals surface area contributed by atoms with Crippen LogP contribution in [0.15, 0.2) is 18.2 Å². The first-order chi connectivity index (χ1) is 22.6. The Morgan fingerprint density at radius 3 is 2.31 bits per heavy atom. The van der Waals surface area contributed by atoms with Crippen LogP contribution in [0, 0.1) is 5.82 Å². The van der Waals surface area contributed by atoms with Crippen molar-refractivity contribution in [2.45, 2.75) is 62.6 Å². The number of nitrogens with one attached hydrogen (secondary N) is 4. The number of carbonyl (C=O) groups excluding carboxylic acids is 5. The van der Waals surface area contributed by atoms with E-state index in [2.05, 4.69) is 10.6 Å². The van der Waals surface area contributed by atoms with Crippen LogP contribution in [0.1, 0.15) is 26.7 Å². The number of ether oxygens (including phenoxy) is 2. The number of hydrogen-bond acceptors (Lipinski definition) is 10. The van der Waals surface area contributed by atoms with E-state index in [1.165, 1.54) is 6.92 Å². The van der Waals surface area contributed by atoms with Gasteiger partial charge in [-0.25, -0.2) is 9.18 Å². The molecule has 1 aromatic carbocycles. The topological polar surface area (TPSA) is 239 Å². The van der Waals surface area contributed by atoms with Gasteiger partial charge in [0, 0.05) is 25.6 Å². The summed E-state index contributed by atoms with van der Waals surface area (Å²) < 4.78 is 88.7. The highest BCUT2D eigenvalue weighted by molar-refractivity contribution is 6.10. The second-order valence-corrected chi connectivity index (χ2v) is 10.7. The Labute approximate surface area is 273 Å². The van der Waals surface area contributed by atoms with Crippen molar-refractivity contribution in [3.8, 4) is 5.75 Å². The lowest BCUT2D eigenvalue weighted by Gasteiger charge is -2.29. The zero-order chi connectivity index (χ0) is 37.3. The minimum absolute atomic E-state index is 0.0728. The van der Waals surface area contributed by atoms with Gasteiger partial charge in [0.1, 0.15) is 36.4 Å². The van der Waals surface area contributed by atoms with Crippen molar-refractivity contribution in [2.75, 3.05) is 37.7 Å². The largest absolute Gasteiger partial charge is 0.486 e. The molecule has 22 heteroatoms. The minimum Gasteiger partial charge on any atom is -0.486 e. The fourth-order valence-corrected chi connectivity index (χ4v) is 3.96. The van der Waals surface area contributed by atoms with E-state index >= 15 is 0 Å². The van der Waals surface area contributed by atoms with Crippen LogP contribution in [-0.4, -0.2) is 115 Å². The van der Waals surface area contributed by atoms with Crippen molar-refractivity contribution in [3.63, 3.8) is 0 Å². The molecule has 0 fully saturated rings. The van der Waals surface area contributed by atoms with Gasteiger partial charge in [0.25, 0.3) is 17.7 Å². The second kappa shape index (κ2) is 16.5. The standard InChI is InChI=1S/C27H34F6N6O10/c1-13-19(38-23(45)25(2,47)22(44)37-12-26(29,30)27(31,32)33)20(41)39(16-11-14(28)3-5-17(16)49-13)9-10-48-24(46)36-8-7-35-18(40)6-4-15(34)21(42)43/h3,5,11,13,15,19,47H,4,6-10,12,34H2,1-2H3,(H,35,40)(H,36,46)(H,37,44)(H,38,45)(H,42,43)/t13-,15?,19+,25?/m1/s1. The molecule has 1 aliphatic rings. The zero-order valence-corrected chi connectivity index (χ0v) is 25.9. The lowest BCUT2D eigenvalue weighted by Crippen LogP contribution is -2.63. The Kier molecular flexibility index (Phi) is 13.6. The summed E-state index contributed by atoms with van der Waals surface area (Å²) in [4.78, 5) is 74.1. The number of carboxylic acids is 1. The number of aliphatic hydroxyl groups is 1. The third-order valence-corrected chi connectivity index (χ3v) is 6.85.